The lowest BCUT2D eigenvalue weighted by atomic mass is 9.82. The van der Waals surface area contributed by atoms with Crippen molar-refractivity contribution in [3.63, 3.8) is 0 Å². The maximum absolute atomic E-state index is 11.7. The van der Waals surface area contributed by atoms with Gasteiger partial charge in [0.25, 0.3) is 0 Å². The lowest BCUT2D eigenvalue weighted by Gasteiger charge is -2.35. The molecule has 2 aliphatic rings. The predicted molar refractivity (Wildman–Crippen MR) is 75.6 cm³/mol. The molecule has 2 rings (SSSR count). The Morgan fingerprint density at radius 2 is 1.67 bits per heavy atom. The van der Waals surface area contributed by atoms with Crippen LogP contribution in [0.5, 0.6) is 0 Å². The number of carbonyl (C=O) groups excluding carboxylic acids is 1. The van der Waals surface area contributed by atoms with E-state index in [1.807, 2.05) is 6.92 Å². The van der Waals surface area contributed by atoms with E-state index in [0.717, 1.165) is 44.2 Å². The van der Waals surface area contributed by atoms with Crippen molar-refractivity contribution in [2.24, 2.45) is 17.8 Å². The van der Waals surface area contributed by atoms with Crippen LogP contribution in [-0.2, 0) is 4.79 Å². The van der Waals surface area contributed by atoms with Crippen molar-refractivity contribution >= 4 is 5.78 Å². The molecule has 2 heteroatoms. The van der Waals surface area contributed by atoms with E-state index in [1.54, 1.807) is 0 Å². The van der Waals surface area contributed by atoms with E-state index >= 15 is 0 Å². The highest BCUT2D eigenvalue weighted by Crippen LogP contribution is 2.30. The van der Waals surface area contributed by atoms with Crippen molar-refractivity contribution in [1.82, 2.24) is 4.90 Å². The molecule has 0 atom stereocenters. The average molecular weight is 251 g/mol. The second-order valence-electron chi connectivity index (χ2n) is 6.52. The third kappa shape index (κ3) is 3.81. The van der Waals surface area contributed by atoms with Gasteiger partial charge in [-0.15, -0.1) is 0 Å². The van der Waals surface area contributed by atoms with Crippen molar-refractivity contribution in [1.29, 1.82) is 0 Å². The number of hydrogen-bond donors (Lipinski definition) is 0. The van der Waals surface area contributed by atoms with Crippen molar-refractivity contribution in [3.8, 4) is 0 Å². The van der Waals surface area contributed by atoms with Crippen LogP contribution in [0.15, 0.2) is 0 Å². The fourth-order valence-electron chi connectivity index (χ4n) is 3.60. The first-order valence-corrected chi connectivity index (χ1v) is 7.94. The molecule has 0 amide bonds. The summed E-state index contributed by atoms with van der Waals surface area (Å²) in [5.74, 6) is 2.74. The Morgan fingerprint density at radius 1 is 1.06 bits per heavy atom. The van der Waals surface area contributed by atoms with Gasteiger partial charge in [-0.05, 0) is 50.6 Å². The number of Topliss-reactive ketones (excluding diaryl/α,β-unsaturated/α-hetero) is 1. The summed E-state index contributed by atoms with van der Waals surface area (Å²) >= 11 is 0. The summed E-state index contributed by atoms with van der Waals surface area (Å²) < 4.78 is 0. The lowest BCUT2D eigenvalue weighted by Crippen LogP contribution is -2.39. The summed E-state index contributed by atoms with van der Waals surface area (Å²) in [5, 5.41) is 0. The summed E-state index contributed by atoms with van der Waals surface area (Å²) in [4.78, 5) is 14.3. The second-order valence-corrected chi connectivity index (χ2v) is 6.52. The summed E-state index contributed by atoms with van der Waals surface area (Å²) in [6.07, 6.45) is 8.64. The molecule has 104 valence electrons. The van der Waals surface area contributed by atoms with Crippen molar-refractivity contribution in [2.75, 3.05) is 19.6 Å². The molecule has 2 nitrogen and oxygen atoms in total. The van der Waals surface area contributed by atoms with Gasteiger partial charge in [-0.25, -0.2) is 0 Å². The van der Waals surface area contributed by atoms with Gasteiger partial charge >= 0.3 is 0 Å². The summed E-state index contributed by atoms with van der Waals surface area (Å²) in [7, 11) is 0. The van der Waals surface area contributed by atoms with Gasteiger partial charge in [-0.3, -0.25) is 4.79 Å². The molecule has 0 aromatic carbocycles. The molecule has 2 fully saturated rings. The van der Waals surface area contributed by atoms with Crippen molar-refractivity contribution < 1.29 is 4.79 Å². The van der Waals surface area contributed by atoms with E-state index in [2.05, 4.69) is 11.8 Å². The third-order valence-corrected chi connectivity index (χ3v) is 5.04. The van der Waals surface area contributed by atoms with Gasteiger partial charge in [0.15, 0.2) is 0 Å². The highest BCUT2D eigenvalue weighted by Gasteiger charge is 2.26. The summed E-state index contributed by atoms with van der Waals surface area (Å²) in [6, 6.07) is 0. The second kappa shape index (κ2) is 6.70. The minimum atomic E-state index is 0.373. The van der Waals surface area contributed by atoms with Gasteiger partial charge in [-0.2, -0.15) is 0 Å². The molecule has 1 aliphatic heterocycles. The normalized spacial score (nSPS) is 31.4. The summed E-state index contributed by atoms with van der Waals surface area (Å²) in [6.45, 7) is 7.99. The summed E-state index contributed by atoms with van der Waals surface area (Å²) in [5.41, 5.74) is 0. The number of ketones is 1. The van der Waals surface area contributed by atoms with Crippen molar-refractivity contribution in [2.45, 2.75) is 58.8 Å². The van der Waals surface area contributed by atoms with Gasteiger partial charge in [0.05, 0.1) is 0 Å². The molecule has 1 heterocycles. The number of piperidine rings is 1. The number of hydrogen-bond acceptors (Lipinski definition) is 2. The number of nitrogens with zero attached hydrogens (tertiary/aromatic N) is 1. The molecule has 0 N–H and O–H groups in total. The molecule has 1 saturated carbocycles. The highest BCUT2D eigenvalue weighted by atomic mass is 16.1. The van der Waals surface area contributed by atoms with Crippen LogP contribution in [0.25, 0.3) is 0 Å². The first kappa shape index (κ1) is 14.0. The predicted octanol–water partition coefficient (Wildman–Crippen LogP) is 3.50. The molecule has 0 unspecified atom stereocenters. The van der Waals surface area contributed by atoms with E-state index in [4.69, 9.17) is 0 Å². The molecule has 1 saturated heterocycles. The number of carbonyl (C=O) groups is 1. The van der Waals surface area contributed by atoms with Crippen LogP contribution in [0, 0.1) is 17.8 Å². The first-order chi connectivity index (χ1) is 8.69. The number of likely N-dealkylation sites (tertiary alicyclic amines) is 1. The Labute approximate surface area is 112 Å². The van der Waals surface area contributed by atoms with E-state index in [1.165, 1.54) is 32.2 Å². The Morgan fingerprint density at radius 3 is 2.22 bits per heavy atom. The fraction of sp³-hybridized carbons (Fsp3) is 0.938. The van der Waals surface area contributed by atoms with E-state index in [9.17, 15) is 4.79 Å². The zero-order valence-electron chi connectivity index (χ0n) is 12.2. The third-order valence-electron chi connectivity index (χ3n) is 5.04. The quantitative estimate of drug-likeness (QED) is 0.762. The molecule has 0 aromatic heterocycles. The van der Waals surface area contributed by atoms with Crippen LogP contribution in [0.4, 0.5) is 0 Å². The van der Waals surface area contributed by atoms with Crippen LogP contribution in [0.1, 0.15) is 58.8 Å². The SMILES string of the molecule is CCC(=O)C1CCN(C[C@H]2CC[C@H](C)CC2)CC1. The maximum atomic E-state index is 11.7. The van der Waals surface area contributed by atoms with Gasteiger partial charge in [0.1, 0.15) is 5.78 Å². The Hall–Kier alpha value is -0.370. The van der Waals surface area contributed by atoms with Crippen LogP contribution in [0.2, 0.25) is 0 Å². The van der Waals surface area contributed by atoms with Gasteiger partial charge in [0, 0.05) is 18.9 Å². The Kier molecular flexibility index (Phi) is 5.23. The van der Waals surface area contributed by atoms with Crippen LogP contribution < -0.4 is 0 Å². The smallest absolute Gasteiger partial charge is 0.135 e. The van der Waals surface area contributed by atoms with E-state index < -0.39 is 0 Å². The van der Waals surface area contributed by atoms with Gasteiger partial charge in [0.2, 0.25) is 0 Å². The topological polar surface area (TPSA) is 20.3 Å². The van der Waals surface area contributed by atoms with Crippen LogP contribution in [-0.4, -0.2) is 30.3 Å². The Bertz CT molecular complexity index is 260. The lowest BCUT2D eigenvalue weighted by molar-refractivity contribution is -0.124. The minimum absolute atomic E-state index is 0.373. The van der Waals surface area contributed by atoms with E-state index in [-0.39, 0.29) is 0 Å². The molecular formula is C16H29NO. The monoisotopic (exact) mass is 251 g/mol. The molecule has 0 radical (unpaired) electrons. The molecule has 0 spiro atoms. The van der Waals surface area contributed by atoms with Crippen LogP contribution >= 0.6 is 0 Å². The zero-order valence-corrected chi connectivity index (χ0v) is 12.2. The highest BCUT2D eigenvalue weighted by molar-refractivity contribution is 5.80. The van der Waals surface area contributed by atoms with Gasteiger partial charge < -0.3 is 4.90 Å². The molecular weight excluding hydrogens is 222 g/mol. The standard InChI is InChI=1S/C16H29NO/c1-3-16(18)15-8-10-17(11-9-15)12-14-6-4-13(2)5-7-14/h13-15H,3-12H2,1-2H3/t13-,14-. The largest absolute Gasteiger partial charge is 0.303 e. The van der Waals surface area contributed by atoms with E-state index in [0.29, 0.717) is 11.7 Å². The maximum Gasteiger partial charge on any atom is 0.135 e. The first-order valence-electron chi connectivity index (χ1n) is 7.94. The number of rotatable bonds is 4. The molecule has 0 aromatic rings. The van der Waals surface area contributed by atoms with Crippen LogP contribution in [0.3, 0.4) is 0 Å². The molecule has 0 bridgehead atoms. The average Bonchev–Trinajstić information content (AvgIpc) is 2.41. The fourth-order valence-corrected chi connectivity index (χ4v) is 3.60. The Balaban J connectivity index is 1.69. The minimum Gasteiger partial charge on any atom is -0.303 e. The van der Waals surface area contributed by atoms with Gasteiger partial charge in [-0.1, -0.05) is 26.7 Å². The molecule has 1 aliphatic carbocycles. The van der Waals surface area contributed by atoms with Crippen molar-refractivity contribution in [3.05, 3.63) is 0 Å². The zero-order chi connectivity index (χ0) is 13.0. The molecule has 18 heavy (non-hydrogen) atoms.